The molecule has 0 heterocycles. The summed E-state index contributed by atoms with van der Waals surface area (Å²) in [4.78, 5) is 23.2. The molecule has 6 heteroatoms. The number of nitrogens with one attached hydrogen (secondary N) is 1. The molecule has 0 saturated heterocycles. The van der Waals surface area contributed by atoms with Crippen LogP contribution in [-0.4, -0.2) is 23.0 Å². The van der Waals surface area contributed by atoms with Crippen molar-refractivity contribution in [3.8, 4) is 0 Å². The SMILES string of the molecule is CCC(C)C(NC(=O)c1cccc(Br)c1Cl)C(=O)O. The number of carbonyl (C=O) groups is 2. The monoisotopic (exact) mass is 347 g/mol. The maximum absolute atomic E-state index is 12.1. The lowest BCUT2D eigenvalue weighted by Crippen LogP contribution is -2.45. The number of aliphatic carboxylic acids is 1. The Bertz CT molecular complexity index is 493. The van der Waals surface area contributed by atoms with Gasteiger partial charge in [-0.3, -0.25) is 4.79 Å². The van der Waals surface area contributed by atoms with Crippen molar-refractivity contribution in [3.05, 3.63) is 33.3 Å². The van der Waals surface area contributed by atoms with Crippen LogP contribution in [-0.2, 0) is 4.79 Å². The van der Waals surface area contributed by atoms with Gasteiger partial charge in [0.15, 0.2) is 0 Å². The van der Waals surface area contributed by atoms with Gasteiger partial charge >= 0.3 is 5.97 Å². The molecule has 104 valence electrons. The van der Waals surface area contributed by atoms with Crippen LogP contribution in [0.4, 0.5) is 0 Å². The van der Waals surface area contributed by atoms with Gasteiger partial charge in [0.05, 0.1) is 10.6 Å². The molecule has 0 fully saturated rings. The normalized spacial score (nSPS) is 13.7. The number of amides is 1. The predicted molar refractivity (Wildman–Crippen MR) is 77.5 cm³/mol. The number of halogens is 2. The molecule has 2 N–H and O–H groups in total. The van der Waals surface area contributed by atoms with Crippen LogP contribution in [0.2, 0.25) is 5.02 Å². The molecule has 19 heavy (non-hydrogen) atoms. The molecule has 0 aromatic heterocycles. The molecular weight excluding hydrogens is 334 g/mol. The molecule has 1 amide bonds. The van der Waals surface area contributed by atoms with Gasteiger partial charge in [-0.15, -0.1) is 0 Å². The zero-order chi connectivity index (χ0) is 14.6. The van der Waals surface area contributed by atoms with E-state index in [1.54, 1.807) is 25.1 Å². The van der Waals surface area contributed by atoms with Crippen LogP contribution in [0.5, 0.6) is 0 Å². The molecule has 1 rings (SSSR count). The van der Waals surface area contributed by atoms with Crippen LogP contribution in [0.3, 0.4) is 0 Å². The lowest BCUT2D eigenvalue weighted by atomic mass is 9.99. The third-order valence-electron chi connectivity index (χ3n) is 2.96. The first-order chi connectivity index (χ1) is 8.88. The van der Waals surface area contributed by atoms with E-state index in [0.717, 1.165) is 0 Å². The first-order valence-electron chi connectivity index (χ1n) is 5.86. The Morgan fingerprint density at radius 1 is 1.47 bits per heavy atom. The molecule has 0 spiro atoms. The molecule has 2 atom stereocenters. The van der Waals surface area contributed by atoms with E-state index < -0.39 is 17.9 Å². The van der Waals surface area contributed by atoms with Crippen LogP contribution in [0.15, 0.2) is 22.7 Å². The first-order valence-corrected chi connectivity index (χ1v) is 7.03. The van der Waals surface area contributed by atoms with Gasteiger partial charge < -0.3 is 10.4 Å². The van der Waals surface area contributed by atoms with Gasteiger partial charge in [0.1, 0.15) is 6.04 Å². The molecule has 1 aromatic rings. The predicted octanol–water partition coefficient (Wildman–Crippen LogP) is 3.33. The van der Waals surface area contributed by atoms with Gasteiger partial charge in [-0.1, -0.05) is 37.9 Å². The third-order valence-corrected chi connectivity index (χ3v) is 4.26. The minimum absolute atomic E-state index is 0.160. The maximum atomic E-state index is 12.1. The summed E-state index contributed by atoms with van der Waals surface area (Å²) in [6.45, 7) is 3.65. The summed E-state index contributed by atoms with van der Waals surface area (Å²) in [7, 11) is 0. The number of carbonyl (C=O) groups excluding carboxylic acids is 1. The Balaban J connectivity index is 2.94. The summed E-state index contributed by atoms with van der Waals surface area (Å²) in [5.74, 6) is -1.69. The van der Waals surface area contributed by atoms with Crippen molar-refractivity contribution in [2.45, 2.75) is 26.3 Å². The highest BCUT2D eigenvalue weighted by Gasteiger charge is 2.26. The van der Waals surface area contributed by atoms with Crippen LogP contribution in [0, 0.1) is 5.92 Å². The van der Waals surface area contributed by atoms with Crippen molar-refractivity contribution in [2.75, 3.05) is 0 Å². The molecule has 0 aliphatic rings. The van der Waals surface area contributed by atoms with E-state index in [1.165, 1.54) is 0 Å². The second-order valence-corrected chi connectivity index (χ2v) is 5.51. The quantitative estimate of drug-likeness (QED) is 0.857. The summed E-state index contributed by atoms with van der Waals surface area (Å²) in [6, 6.07) is 4.01. The third kappa shape index (κ3) is 3.94. The molecule has 2 unspecified atom stereocenters. The number of hydrogen-bond donors (Lipinski definition) is 2. The molecular formula is C13H15BrClNO3. The van der Waals surface area contributed by atoms with E-state index in [0.29, 0.717) is 10.9 Å². The molecule has 4 nitrogen and oxygen atoms in total. The van der Waals surface area contributed by atoms with E-state index >= 15 is 0 Å². The van der Waals surface area contributed by atoms with Gasteiger partial charge in [0, 0.05) is 4.47 Å². The summed E-state index contributed by atoms with van der Waals surface area (Å²) in [5.41, 5.74) is 0.255. The van der Waals surface area contributed by atoms with E-state index in [1.807, 2.05) is 6.92 Å². The van der Waals surface area contributed by atoms with Gasteiger partial charge in [0.2, 0.25) is 0 Å². The fraction of sp³-hybridized carbons (Fsp3) is 0.385. The van der Waals surface area contributed by atoms with Crippen molar-refractivity contribution in [1.82, 2.24) is 5.32 Å². The van der Waals surface area contributed by atoms with Crippen LogP contribution in [0.1, 0.15) is 30.6 Å². The lowest BCUT2D eigenvalue weighted by molar-refractivity contribution is -0.140. The smallest absolute Gasteiger partial charge is 0.326 e. The summed E-state index contributed by atoms with van der Waals surface area (Å²) in [5, 5.41) is 11.9. The highest BCUT2D eigenvalue weighted by molar-refractivity contribution is 9.10. The Morgan fingerprint density at radius 2 is 2.11 bits per heavy atom. The minimum atomic E-state index is -1.05. The Morgan fingerprint density at radius 3 is 2.63 bits per heavy atom. The first kappa shape index (κ1) is 16.0. The van der Waals surface area contributed by atoms with Crippen molar-refractivity contribution >= 4 is 39.4 Å². The fourth-order valence-electron chi connectivity index (χ4n) is 1.58. The van der Waals surface area contributed by atoms with Crippen LogP contribution >= 0.6 is 27.5 Å². The number of carboxylic acid groups (broad SMARTS) is 1. The van der Waals surface area contributed by atoms with Gasteiger partial charge in [-0.25, -0.2) is 4.79 Å². The zero-order valence-electron chi connectivity index (χ0n) is 10.6. The largest absolute Gasteiger partial charge is 0.480 e. The second kappa shape index (κ2) is 6.91. The van der Waals surface area contributed by atoms with Gasteiger partial charge in [0.25, 0.3) is 5.91 Å². The van der Waals surface area contributed by atoms with Crippen LogP contribution in [0.25, 0.3) is 0 Å². The van der Waals surface area contributed by atoms with E-state index in [4.69, 9.17) is 16.7 Å². The van der Waals surface area contributed by atoms with E-state index in [2.05, 4.69) is 21.2 Å². The molecule has 0 aliphatic heterocycles. The Labute approximate surface area is 125 Å². The molecule has 0 aliphatic carbocycles. The molecule has 1 aromatic carbocycles. The molecule has 0 saturated carbocycles. The number of rotatable bonds is 5. The summed E-state index contributed by atoms with van der Waals surface area (Å²) in [6.07, 6.45) is 0.656. The molecule has 0 radical (unpaired) electrons. The van der Waals surface area contributed by atoms with Crippen molar-refractivity contribution in [2.24, 2.45) is 5.92 Å². The number of hydrogen-bond acceptors (Lipinski definition) is 2. The summed E-state index contributed by atoms with van der Waals surface area (Å²) >= 11 is 9.23. The fourth-order valence-corrected chi connectivity index (χ4v) is 2.16. The zero-order valence-corrected chi connectivity index (χ0v) is 13.0. The minimum Gasteiger partial charge on any atom is -0.480 e. The van der Waals surface area contributed by atoms with E-state index in [9.17, 15) is 9.59 Å². The molecule has 0 bridgehead atoms. The topological polar surface area (TPSA) is 66.4 Å². The number of carboxylic acids is 1. The van der Waals surface area contributed by atoms with Gasteiger partial charge in [-0.05, 0) is 34.0 Å². The maximum Gasteiger partial charge on any atom is 0.326 e. The Kier molecular flexibility index (Phi) is 5.82. The standard InChI is InChI=1S/C13H15BrClNO3/c1-3-7(2)11(13(18)19)16-12(17)8-5-4-6-9(14)10(8)15/h4-7,11H,3H2,1-2H3,(H,16,17)(H,18,19). The highest BCUT2D eigenvalue weighted by Crippen LogP contribution is 2.26. The second-order valence-electron chi connectivity index (χ2n) is 4.28. The lowest BCUT2D eigenvalue weighted by Gasteiger charge is -2.20. The average molecular weight is 349 g/mol. The van der Waals surface area contributed by atoms with Crippen molar-refractivity contribution in [3.63, 3.8) is 0 Å². The number of benzene rings is 1. The van der Waals surface area contributed by atoms with Crippen molar-refractivity contribution < 1.29 is 14.7 Å². The average Bonchev–Trinajstić information content (AvgIpc) is 2.37. The van der Waals surface area contributed by atoms with Crippen LogP contribution < -0.4 is 5.32 Å². The van der Waals surface area contributed by atoms with Crippen molar-refractivity contribution in [1.29, 1.82) is 0 Å². The summed E-state index contributed by atoms with van der Waals surface area (Å²) < 4.78 is 0.595. The Hall–Kier alpha value is -1.07. The van der Waals surface area contributed by atoms with Gasteiger partial charge in [-0.2, -0.15) is 0 Å². The highest BCUT2D eigenvalue weighted by atomic mass is 79.9. The van der Waals surface area contributed by atoms with E-state index in [-0.39, 0.29) is 16.5 Å².